The first-order chi connectivity index (χ1) is 19.5. The maximum atomic E-state index is 13.0. The van der Waals surface area contributed by atoms with Gasteiger partial charge in [-0.15, -0.1) is 10.3 Å². The van der Waals surface area contributed by atoms with E-state index in [0.29, 0.717) is 30.9 Å². The molecule has 2 saturated carbocycles. The first-order valence-corrected chi connectivity index (χ1v) is 17.8. The molecule has 3 heterocycles. The Morgan fingerprint density at radius 3 is 2.52 bits per heavy atom. The standard InChI is InChI=1S/C26H29NO4.C8H20O2S/c1-23(2)22-18(28)13-19-25(29)9-8-14-12-16-15-6-4-5-7-17(15)27-21(16)20(14)24(25,3)10-11-26(19,30-22)31-23;1-8(2,3)11(4,5)10-7-6-9/h4-7,13-14,20,22,27,29H,8-12H2,1-3H3;9H,6-7H2,1-5H3/t14?,20?,22?,24?,25-,26?;/m1./s1. The lowest BCUT2D eigenvalue weighted by Gasteiger charge is -2.61. The monoisotopic (exact) mass is 599 g/mol. The van der Waals surface area contributed by atoms with Crippen molar-refractivity contribution in [1.82, 2.24) is 4.98 Å². The summed E-state index contributed by atoms with van der Waals surface area (Å²) < 4.78 is 18.5. The van der Waals surface area contributed by atoms with E-state index in [4.69, 9.17) is 18.8 Å². The summed E-state index contributed by atoms with van der Waals surface area (Å²) in [5.41, 5.74) is 2.36. The van der Waals surface area contributed by atoms with Crippen LogP contribution in [-0.2, 0) is 24.9 Å². The van der Waals surface area contributed by atoms with E-state index in [-0.39, 0.29) is 28.5 Å². The van der Waals surface area contributed by atoms with Gasteiger partial charge in [-0.3, -0.25) is 4.79 Å². The lowest BCUT2D eigenvalue weighted by atomic mass is 9.48. The summed E-state index contributed by atoms with van der Waals surface area (Å²) in [5.74, 6) is -0.301. The molecule has 2 aliphatic heterocycles. The molecule has 0 amide bonds. The number of benzene rings is 1. The predicted molar refractivity (Wildman–Crippen MR) is 168 cm³/mol. The molecule has 1 aromatic carbocycles. The molecule has 1 saturated heterocycles. The maximum absolute atomic E-state index is 13.0. The van der Waals surface area contributed by atoms with Crippen LogP contribution in [0.25, 0.3) is 10.9 Å². The Kier molecular flexibility index (Phi) is 6.98. The number of aromatic nitrogens is 1. The number of ether oxygens (including phenoxy) is 2. The molecule has 232 valence electrons. The van der Waals surface area contributed by atoms with Gasteiger partial charge < -0.3 is 28.9 Å². The number of hydrogen-bond acceptors (Lipinski definition) is 6. The molecule has 8 heteroatoms. The van der Waals surface area contributed by atoms with Crippen molar-refractivity contribution in [2.75, 3.05) is 25.7 Å². The fourth-order valence-electron chi connectivity index (χ4n) is 8.38. The lowest BCUT2D eigenvalue weighted by molar-refractivity contribution is -0.236. The minimum Gasteiger partial charge on any atom is -0.394 e. The van der Waals surface area contributed by atoms with Gasteiger partial charge in [0.05, 0.1) is 18.8 Å². The van der Waals surface area contributed by atoms with Crippen molar-refractivity contribution < 1.29 is 28.7 Å². The number of para-hydroxylation sites is 1. The fraction of sp³-hybridized carbons (Fsp3) is 0.676. The molecule has 5 aliphatic rings. The third kappa shape index (κ3) is 4.23. The summed E-state index contributed by atoms with van der Waals surface area (Å²) in [6.07, 6.45) is 9.45. The first-order valence-electron chi connectivity index (χ1n) is 15.4. The van der Waals surface area contributed by atoms with E-state index < -0.39 is 33.4 Å². The van der Waals surface area contributed by atoms with Gasteiger partial charge in [-0.1, -0.05) is 45.9 Å². The molecular weight excluding hydrogens is 550 g/mol. The highest BCUT2D eigenvalue weighted by Gasteiger charge is 2.72. The van der Waals surface area contributed by atoms with Gasteiger partial charge in [0.2, 0.25) is 0 Å². The number of nitrogens with one attached hydrogen (secondary N) is 1. The van der Waals surface area contributed by atoms with Crippen molar-refractivity contribution in [2.45, 2.75) is 107 Å². The van der Waals surface area contributed by atoms with Crippen molar-refractivity contribution in [3.05, 3.63) is 47.2 Å². The average Bonchev–Trinajstić information content (AvgIpc) is 3.52. The van der Waals surface area contributed by atoms with Crippen molar-refractivity contribution in [3.63, 3.8) is 0 Å². The van der Waals surface area contributed by atoms with Gasteiger partial charge in [0.25, 0.3) is 0 Å². The number of aromatic amines is 1. The van der Waals surface area contributed by atoms with Crippen LogP contribution in [0.3, 0.4) is 0 Å². The number of aliphatic hydroxyl groups excluding tert-OH is 1. The lowest BCUT2D eigenvalue weighted by Crippen LogP contribution is -2.64. The summed E-state index contributed by atoms with van der Waals surface area (Å²) in [5, 5.41) is 22.3. The van der Waals surface area contributed by atoms with Gasteiger partial charge in [-0.2, -0.15) is 0 Å². The zero-order valence-corrected chi connectivity index (χ0v) is 27.3. The molecule has 3 aliphatic carbocycles. The molecule has 2 aromatic rings. The highest BCUT2D eigenvalue weighted by atomic mass is 32.3. The average molecular weight is 600 g/mol. The second-order valence-corrected chi connectivity index (χ2v) is 19.1. The Morgan fingerprint density at radius 2 is 1.83 bits per heavy atom. The Balaban J connectivity index is 0.000000248. The number of H-pyrrole nitrogens is 1. The zero-order chi connectivity index (χ0) is 30.5. The SMILES string of the molecule is CC(C)(C)S(C)(C)OCCO.CC1(C)OC23CCC4(C)C5c6[nH]c7ccccc7c6CC5CC[C@@]4(O)C2=CC(=O)C1O3. The second kappa shape index (κ2) is 9.66. The van der Waals surface area contributed by atoms with E-state index in [9.17, 15) is 9.90 Å². The largest absolute Gasteiger partial charge is 0.394 e. The summed E-state index contributed by atoms with van der Waals surface area (Å²) in [4.78, 5) is 16.7. The Labute approximate surface area is 251 Å². The second-order valence-electron chi connectivity index (χ2n) is 15.1. The smallest absolute Gasteiger partial charge is 0.195 e. The van der Waals surface area contributed by atoms with E-state index in [0.717, 1.165) is 19.3 Å². The van der Waals surface area contributed by atoms with E-state index in [1.807, 2.05) is 13.8 Å². The number of carbonyl (C=O) groups is 1. The molecule has 0 radical (unpaired) electrons. The van der Waals surface area contributed by atoms with Gasteiger partial charge in [-0.05, 0) is 75.7 Å². The Bertz CT molecular complexity index is 1440. The summed E-state index contributed by atoms with van der Waals surface area (Å²) in [6, 6.07) is 8.52. The van der Waals surface area contributed by atoms with Crippen LogP contribution in [0.5, 0.6) is 0 Å². The highest BCUT2D eigenvalue weighted by Crippen LogP contribution is 2.69. The zero-order valence-electron chi connectivity index (χ0n) is 26.5. The van der Waals surface area contributed by atoms with Crippen LogP contribution in [0.2, 0.25) is 0 Å². The molecule has 3 N–H and O–H groups in total. The van der Waals surface area contributed by atoms with Crippen molar-refractivity contribution >= 4 is 27.0 Å². The molecule has 6 atom stereocenters. The molecule has 2 bridgehead atoms. The van der Waals surface area contributed by atoms with Crippen LogP contribution >= 0.6 is 10.3 Å². The maximum Gasteiger partial charge on any atom is 0.195 e. The number of rotatable bonds is 3. The first kappa shape index (κ1) is 30.4. The van der Waals surface area contributed by atoms with Gasteiger partial charge in [0, 0.05) is 44.7 Å². The molecule has 3 fully saturated rings. The van der Waals surface area contributed by atoms with Crippen molar-refractivity contribution in [1.29, 1.82) is 0 Å². The molecule has 42 heavy (non-hydrogen) atoms. The Morgan fingerprint density at radius 1 is 1.12 bits per heavy atom. The summed E-state index contributed by atoms with van der Waals surface area (Å²) in [7, 11) is -1.02. The van der Waals surface area contributed by atoms with E-state index >= 15 is 0 Å². The quantitative estimate of drug-likeness (QED) is 0.405. The van der Waals surface area contributed by atoms with E-state index in [2.05, 4.69) is 69.5 Å². The minimum absolute atomic E-state index is 0.0781. The van der Waals surface area contributed by atoms with E-state index in [1.54, 1.807) is 6.08 Å². The third-order valence-corrected chi connectivity index (χ3v) is 15.0. The molecule has 1 spiro atoms. The fourth-order valence-corrected chi connectivity index (χ4v) is 9.22. The van der Waals surface area contributed by atoms with Crippen LogP contribution in [0.4, 0.5) is 0 Å². The van der Waals surface area contributed by atoms with Crippen LogP contribution in [0.1, 0.15) is 84.4 Å². The summed E-state index contributed by atoms with van der Waals surface area (Å²) >= 11 is 0. The Hall–Kier alpha value is -1.68. The molecule has 7 nitrogen and oxygen atoms in total. The minimum atomic E-state index is -1.12. The number of ketones is 1. The third-order valence-electron chi connectivity index (χ3n) is 11.3. The number of hydrogen-bond donors (Lipinski definition) is 3. The van der Waals surface area contributed by atoms with Crippen LogP contribution in [0.15, 0.2) is 35.9 Å². The molecule has 5 unspecified atom stereocenters. The topological polar surface area (TPSA) is 101 Å². The number of fused-ring (bicyclic) bond motifs is 9. The van der Waals surface area contributed by atoms with Crippen LogP contribution in [-0.4, -0.2) is 74.5 Å². The van der Waals surface area contributed by atoms with Crippen molar-refractivity contribution in [3.8, 4) is 0 Å². The van der Waals surface area contributed by atoms with Gasteiger partial charge in [0.1, 0.15) is 5.60 Å². The van der Waals surface area contributed by atoms with Crippen molar-refractivity contribution in [2.24, 2.45) is 11.3 Å². The number of carbonyl (C=O) groups excluding carboxylic acids is 1. The van der Waals surface area contributed by atoms with Crippen LogP contribution in [0, 0.1) is 11.3 Å². The van der Waals surface area contributed by atoms with Gasteiger partial charge in [-0.25, -0.2) is 0 Å². The normalized spacial score (nSPS) is 36.8. The van der Waals surface area contributed by atoms with E-state index in [1.165, 1.54) is 22.2 Å². The van der Waals surface area contributed by atoms with Gasteiger partial charge in [0.15, 0.2) is 17.7 Å². The molecule has 7 rings (SSSR count). The molecule has 1 aromatic heterocycles. The highest BCUT2D eigenvalue weighted by molar-refractivity contribution is 8.29. The number of aliphatic hydroxyl groups is 2. The molecular formula is C34H49NO6S. The van der Waals surface area contributed by atoms with Gasteiger partial charge >= 0.3 is 0 Å². The van der Waals surface area contributed by atoms with Crippen LogP contribution < -0.4 is 0 Å². The summed E-state index contributed by atoms with van der Waals surface area (Å²) in [6.45, 7) is 13.1. The predicted octanol–water partition coefficient (Wildman–Crippen LogP) is 5.92.